The molecule has 1 aromatic heterocycles. The molecule has 12 heavy (non-hydrogen) atoms. The van der Waals surface area contributed by atoms with Crippen LogP contribution in [0, 0.1) is 6.92 Å². The minimum Gasteiger partial charge on any atom is -0.339 e. The van der Waals surface area contributed by atoms with Gasteiger partial charge in [-0.15, -0.1) is 0 Å². The second-order valence-corrected chi connectivity index (χ2v) is 2.90. The first kappa shape index (κ1) is 9.19. The number of aromatic nitrogens is 2. The molecule has 0 saturated carbocycles. The maximum atomic E-state index is 5.57. The predicted octanol–water partition coefficient (Wildman–Crippen LogP) is 1.22. The summed E-state index contributed by atoms with van der Waals surface area (Å²) in [6.07, 6.45) is 2.10. The summed E-state index contributed by atoms with van der Waals surface area (Å²) in [6, 6.07) is 0. The van der Waals surface area contributed by atoms with Crippen LogP contribution in [0.2, 0.25) is 0 Å². The molecule has 1 heterocycles. The van der Waals surface area contributed by atoms with Crippen LogP contribution >= 0.6 is 0 Å². The van der Waals surface area contributed by atoms with Crippen LogP contribution in [0.25, 0.3) is 0 Å². The van der Waals surface area contributed by atoms with E-state index < -0.39 is 0 Å². The molecule has 4 nitrogen and oxygen atoms in total. The topological polar surface area (TPSA) is 64.9 Å². The van der Waals surface area contributed by atoms with Crippen molar-refractivity contribution in [3.05, 3.63) is 11.7 Å². The Balaban J connectivity index is 2.66. The molecule has 1 aromatic rings. The molecule has 0 amide bonds. The lowest BCUT2D eigenvalue weighted by atomic mass is 10.0. The fraction of sp³-hybridized carbons (Fsp3) is 0.750. The zero-order chi connectivity index (χ0) is 8.97. The number of hydrogen-bond acceptors (Lipinski definition) is 4. The third kappa shape index (κ3) is 2.04. The van der Waals surface area contributed by atoms with E-state index in [1.54, 1.807) is 0 Å². The zero-order valence-electron chi connectivity index (χ0n) is 7.58. The lowest BCUT2D eigenvalue weighted by Crippen LogP contribution is -2.12. The van der Waals surface area contributed by atoms with Crippen molar-refractivity contribution in [2.24, 2.45) is 5.73 Å². The summed E-state index contributed by atoms with van der Waals surface area (Å²) in [5.41, 5.74) is 5.57. The smallest absolute Gasteiger partial charge is 0.231 e. The number of nitrogens with two attached hydrogens (primary N) is 1. The predicted molar refractivity (Wildman–Crippen MR) is 45.7 cm³/mol. The Labute approximate surface area is 72.1 Å². The van der Waals surface area contributed by atoms with Crippen LogP contribution in [-0.4, -0.2) is 16.7 Å². The lowest BCUT2D eigenvalue weighted by Gasteiger charge is -2.06. The minimum absolute atomic E-state index is 0.233. The average molecular weight is 169 g/mol. The number of aryl methyl sites for hydroxylation is 1. The van der Waals surface area contributed by atoms with Crippen LogP contribution in [0.5, 0.6) is 0 Å². The van der Waals surface area contributed by atoms with Gasteiger partial charge in [0.05, 0.1) is 5.92 Å². The molecule has 0 spiro atoms. The van der Waals surface area contributed by atoms with Crippen molar-refractivity contribution in [3.63, 3.8) is 0 Å². The maximum absolute atomic E-state index is 5.57. The summed E-state index contributed by atoms with van der Waals surface area (Å²) in [7, 11) is 0. The Bertz CT molecular complexity index is 234. The quantitative estimate of drug-likeness (QED) is 0.736. The van der Waals surface area contributed by atoms with E-state index in [0.29, 0.717) is 18.3 Å². The highest BCUT2D eigenvalue weighted by molar-refractivity contribution is 4.92. The third-order valence-electron chi connectivity index (χ3n) is 1.81. The Morgan fingerprint density at radius 1 is 1.58 bits per heavy atom. The maximum Gasteiger partial charge on any atom is 0.231 e. The molecule has 0 radical (unpaired) electrons. The highest BCUT2D eigenvalue weighted by Crippen LogP contribution is 2.17. The number of nitrogens with zero attached hydrogens (tertiary/aromatic N) is 2. The molecule has 0 aromatic carbocycles. The first-order chi connectivity index (χ1) is 5.77. The Morgan fingerprint density at radius 3 is 2.75 bits per heavy atom. The molecule has 0 aliphatic carbocycles. The van der Waals surface area contributed by atoms with Gasteiger partial charge in [-0.1, -0.05) is 18.5 Å². The van der Waals surface area contributed by atoms with Crippen molar-refractivity contribution in [1.29, 1.82) is 0 Å². The SMILES string of the molecule is CCCC(CN)c1nc(C)no1. The molecule has 0 fully saturated rings. The van der Waals surface area contributed by atoms with Gasteiger partial charge in [0.25, 0.3) is 0 Å². The fourth-order valence-corrected chi connectivity index (χ4v) is 1.17. The van der Waals surface area contributed by atoms with E-state index in [1.807, 2.05) is 6.92 Å². The molecule has 0 saturated heterocycles. The molecule has 0 aliphatic heterocycles. The Morgan fingerprint density at radius 2 is 2.33 bits per heavy atom. The van der Waals surface area contributed by atoms with E-state index >= 15 is 0 Å². The fourth-order valence-electron chi connectivity index (χ4n) is 1.17. The highest BCUT2D eigenvalue weighted by atomic mass is 16.5. The highest BCUT2D eigenvalue weighted by Gasteiger charge is 2.14. The largest absolute Gasteiger partial charge is 0.339 e. The van der Waals surface area contributed by atoms with Gasteiger partial charge in [0.2, 0.25) is 5.89 Å². The summed E-state index contributed by atoms with van der Waals surface area (Å²) in [4.78, 5) is 4.14. The van der Waals surface area contributed by atoms with E-state index in [9.17, 15) is 0 Å². The molecule has 1 rings (SSSR count). The molecule has 68 valence electrons. The van der Waals surface area contributed by atoms with Crippen molar-refractivity contribution >= 4 is 0 Å². The Hall–Kier alpha value is -0.900. The van der Waals surface area contributed by atoms with E-state index in [1.165, 1.54) is 0 Å². The van der Waals surface area contributed by atoms with E-state index in [0.717, 1.165) is 12.8 Å². The van der Waals surface area contributed by atoms with E-state index in [2.05, 4.69) is 17.1 Å². The summed E-state index contributed by atoms with van der Waals surface area (Å²) in [6.45, 7) is 4.51. The van der Waals surface area contributed by atoms with Crippen LogP contribution < -0.4 is 5.73 Å². The van der Waals surface area contributed by atoms with Gasteiger partial charge in [-0.2, -0.15) is 4.98 Å². The number of hydrogen-bond donors (Lipinski definition) is 1. The second-order valence-electron chi connectivity index (χ2n) is 2.90. The summed E-state index contributed by atoms with van der Waals surface area (Å²) < 4.78 is 5.03. The van der Waals surface area contributed by atoms with Crippen LogP contribution in [0.1, 0.15) is 37.4 Å². The van der Waals surface area contributed by atoms with Crippen molar-refractivity contribution in [3.8, 4) is 0 Å². The van der Waals surface area contributed by atoms with Crippen molar-refractivity contribution in [1.82, 2.24) is 10.1 Å². The molecular formula is C8H15N3O. The molecule has 4 heteroatoms. The van der Waals surface area contributed by atoms with Gasteiger partial charge in [0.1, 0.15) is 0 Å². The first-order valence-corrected chi connectivity index (χ1v) is 4.28. The van der Waals surface area contributed by atoms with Gasteiger partial charge in [0, 0.05) is 6.54 Å². The van der Waals surface area contributed by atoms with Gasteiger partial charge in [0.15, 0.2) is 5.82 Å². The van der Waals surface area contributed by atoms with Gasteiger partial charge in [-0.3, -0.25) is 0 Å². The van der Waals surface area contributed by atoms with E-state index in [4.69, 9.17) is 10.3 Å². The second kappa shape index (κ2) is 4.21. The third-order valence-corrected chi connectivity index (χ3v) is 1.81. The zero-order valence-corrected chi connectivity index (χ0v) is 7.58. The van der Waals surface area contributed by atoms with Gasteiger partial charge in [-0.25, -0.2) is 0 Å². The molecule has 2 N–H and O–H groups in total. The molecule has 1 unspecified atom stereocenters. The van der Waals surface area contributed by atoms with Crippen LogP contribution in [0.4, 0.5) is 0 Å². The lowest BCUT2D eigenvalue weighted by molar-refractivity contribution is 0.345. The van der Waals surface area contributed by atoms with E-state index in [-0.39, 0.29) is 5.92 Å². The van der Waals surface area contributed by atoms with Gasteiger partial charge in [-0.05, 0) is 13.3 Å². The average Bonchev–Trinajstić information content (AvgIpc) is 2.47. The van der Waals surface area contributed by atoms with Crippen molar-refractivity contribution in [2.45, 2.75) is 32.6 Å². The summed E-state index contributed by atoms with van der Waals surface area (Å²) in [5.74, 6) is 1.59. The van der Waals surface area contributed by atoms with Crippen molar-refractivity contribution < 1.29 is 4.52 Å². The summed E-state index contributed by atoms with van der Waals surface area (Å²) >= 11 is 0. The Kier molecular flexibility index (Phi) is 3.22. The first-order valence-electron chi connectivity index (χ1n) is 4.28. The van der Waals surface area contributed by atoms with Gasteiger partial charge < -0.3 is 10.3 Å². The van der Waals surface area contributed by atoms with Crippen molar-refractivity contribution in [2.75, 3.05) is 6.54 Å². The van der Waals surface area contributed by atoms with Crippen LogP contribution in [0.15, 0.2) is 4.52 Å². The van der Waals surface area contributed by atoms with Crippen LogP contribution in [0.3, 0.4) is 0 Å². The standard InChI is InChI=1S/C8H15N3O/c1-3-4-7(5-9)8-10-6(2)11-12-8/h7H,3-5,9H2,1-2H3. The minimum atomic E-state index is 0.233. The van der Waals surface area contributed by atoms with Gasteiger partial charge >= 0.3 is 0 Å². The molecule has 0 aliphatic rings. The number of rotatable bonds is 4. The molecule has 1 atom stereocenters. The normalized spacial score (nSPS) is 13.2. The molecular weight excluding hydrogens is 154 g/mol. The molecule has 0 bridgehead atoms. The monoisotopic (exact) mass is 169 g/mol. The van der Waals surface area contributed by atoms with Crippen LogP contribution in [-0.2, 0) is 0 Å². The summed E-state index contributed by atoms with van der Waals surface area (Å²) in [5, 5.41) is 3.73.